The van der Waals surface area contributed by atoms with Crippen LogP contribution < -0.4 is 0 Å². The third kappa shape index (κ3) is 2.34. The van der Waals surface area contributed by atoms with Crippen molar-refractivity contribution in [3.63, 3.8) is 0 Å². The Morgan fingerprint density at radius 3 is 1.50 bits per heavy atom. The van der Waals surface area contributed by atoms with Crippen LogP contribution in [0.15, 0.2) is 77.4 Å². The number of fused-ring (bicyclic) bond motifs is 2. The number of allylic oxidation sites excluding steroid dienone is 1. The third-order valence-corrected chi connectivity index (χ3v) is 5.50. The van der Waals surface area contributed by atoms with Crippen molar-refractivity contribution in [2.45, 2.75) is 12.8 Å². The van der Waals surface area contributed by atoms with Gasteiger partial charge in [0.1, 0.15) is 0 Å². The van der Waals surface area contributed by atoms with Crippen molar-refractivity contribution < 1.29 is 10.2 Å². The van der Waals surface area contributed by atoms with Crippen molar-refractivity contribution in [1.82, 2.24) is 0 Å². The van der Waals surface area contributed by atoms with E-state index in [2.05, 4.69) is 48.5 Å². The largest absolute Gasteiger partial charge is 0.392 e. The summed E-state index contributed by atoms with van der Waals surface area (Å²) >= 11 is 0. The number of aliphatic hydroxyl groups excluding tert-OH is 2. The fraction of sp³-hybridized carbons (Fsp3) is 0.273. The van der Waals surface area contributed by atoms with Crippen LogP contribution >= 0.6 is 0 Å². The van der Waals surface area contributed by atoms with E-state index in [0.717, 1.165) is 24.0 Å². The van der Waals surface area contributed by atoms with E-state index in [1.165, 1.54) is 22.3 Å². The van der Waals surface area contributed by atoms with Crippen molar-refractivity contribution in [2.24, 2.45) is 11.8 Å². The lowest BCUT2D eigenvalue weighted by Crippen LogP contribution is -2.09. The highest BCUT2D eigenvalue weighted by atomic mass is 16.3. The molecule has 0 saturated heterocycles. The van der Waals surface area contributed by atoms with Crippen molar-refractivity contribution in [2.75, 3.05) is 13.2 Å². The van der Waals surface area contributed by atoms with Gasteiger partial charge in [0.05, 0.1) is 13.2 Å². The molecule has 0 radical (unpaired) electrons. The van der Waals surface area contributed by atoms with E-state index in [0.29, 0.717) is 0 Å². The Morgan fingerprint density at radius 2 is 1.12 bits per heavy atom. The average molecular weight is 318 g/mol. The highest BCUT2D eigenvalue weighted by molar-refractivity contribution is 5.84. The van der Waals surface area contributed by atoms with Gasteiger partial charge in [-0.05, 0) is 46.3 Å². The number of benzene rings is 2. The highest BCUT2D eigenvalue weighted by Crippen LogP contribution is 2.55. The molecule has 4 rings (SSSR count). The van der Waals surface area contributed by atoms with Crippen LogP contribution in [0.5, 0.6) is 0 Å². The molecule has 2 aromatic carbocycles. The van der Waals surface area contributed by atoms with Gasteiger partial charge >= 0.3 is 0 Å². The Labute approximate surface area is 142 Å². The van der Waals surface area contributed by atoms with E-state index in [9.17, 15) is 10.2 Å². The summed E-state index contributed by atoms with van der Waals surface area (Å²) in [5, 5.41) is 19.7. The normalized spacial score (nSPS) is 22.3. The van der Waals surface area contributed by atoms with E-state index in [1.807, 2.05) is 12.1 Å². The molecule has 2 N–H and O–H groups in total. The van der Waals surface area contributed by atoms with Gasteiger partial charge in [-0.3, -0.25) is 0 Å². The molecule has 2 nitrogen and oxygen atoms in total. The molecule has 2 unspecified atom stereocenters. The van der Waals surface area contributed by atoms with Crippen LogP contribution in [-0.2, 0) is 0 Å². The maximum absolute atomic E-state index is 9.84. The van der Waals surface area contributed by atoms with E-state index >= 15 is 0 Å². The molecule has 0 heterocycles. The van der Waals surface area contributed by atoms with Crippen molar-refractivity contribution >= 4 is 5.57 Å². The van der Waals surface area contributed by atoms with E-state index in [1.54, 1.807) is 0 Å². The predicted octanol–water partition coefficient (Wildman–Crippen LogP) is 3.81. The summed E-state index contributed by atoms with van der Waals surface area (Å²) in [7, 11) is 0. The number of hydrogen-bond donors (Lipinski definition) is 2. The molecular formula is C22H22O2. The quantitative estimate of drug-likeness (QED) is 0.842. The summed E-state index contributed by atoms with van der Waals surface area (Å²) in [4.78, 5) is 0. The molecule has 24 heavy (non-hydrogen) atoms. The number of aliphatic hydroxyl groups is 2. The van der Waals surface area contributed by atoms with Crippen LogP contribution in [0.4, 0.5) is 0 Å². The first-order valence-corrected chi connectivity index (χ1v) is 8.63. The molecule has 2 heteroatoms. The minimum absolute atomic E-state index is 0.0530. The summed E-state index contributed by atoms with van der Waals surface area (Å²) in [6.45, 7) is 0.106. The van der Waals surface area contributed by atoms with Gasteiger partial charge in [-0.2, -0.15) is 0 Å². The molecule has 2 bridgehead atoms. The smallest absolute Gasteiger partial charge is 0.0651 e. The van der Waals surface area contributed by atoms with Crippen molar-refractivity contribution in [3.05, 3.63) is 88.5 Å². The van der Waals surface area contributed by atoms with Crippen LogP contribution in [-0.4, -0.2) is 23.4 Å². The summed E-state index contributed by atoms with van der Waals surface area (Å²) in [6, 6.07) is 21.0. The van der Waals surface area contributed by atoms with E-state index in [4.69, 9.17) is 0 Å². The molecule has 122 valence electrons. The molecule has 1 fully saturated rings. The maximum Gasteiger partial charge on any atom is 0.0651 e. The Kier molecular flexibility index (Phi) is 4.09. The van der Waals surface area contributed by atoms with Gasteiger partial charge in [-0.15, -0.1) is 0 Å². The van der Waals surface area contributed by atoms with Crippen LogP contribution in [0, 0.1) is 11.8 Å². The first-order chi connectivity index (χ1) is 11.8. The first-order valence-electron chi connectivity index (χ1n) is 8.63. The molecule has 1 saturated carbocycles. The Morgan fingerprint density at radius 1 is 0.708 bits per heavy atom. The molecule has 2 atom stereocenters. The van der Waals surface area contributed by atoms with Crippen molar-refractivity contribution in [1.29, 1.82) is 0 Å². The second kappa shape index (κ2) is 6.39. The molecule has 2 aliphatic rings. The van der Waals surface area contributed by atoms with Gasteiger partial charge in [-0.1, -0.05) is 60.7 Å². The molecular weight excluding hydrogens is 296 g/mol. The Balaban J connectivity index is 1.94. The maximum atomic E-state index is 9.84. The van der Waals surface area contributed by atoms with Crippen molar-refractivity contribution in [3.8, 4) is 0 Å². The topological polar surface area (TPSA) is 40.5 Å². The number of rotatable bonds is 4. The molecule has 2 aliphatic carbocycles. The zero-order chi connectivity index (χ0) is 16.5. The van der Waals surface area contributed by atoms with Gasteiger partial charge in [0, 0.05) is 11.8 Å². The summed E-state index contributed by atoms with van der Waals surface area (Å²) in [5.41, 5.74) is 7.19. The second-order valence-electron chi connectivity index (χ2n) is 6.61. The molecule has 2 aromatic rings. The minimum Gasteiger partial charge on any atom is -0.392 e. The van der Waals surface area contributed by atoms with Crippen LogP contribution in [0.2, 0.25) is 0 Å². The summed E-state index contributed by atoms with van der Waals surface area (Å²) < 4.78 is 0. The Bertz CT molecular complexity index is 722. The average Bonchev–Trinajstić information content (AvgIpc) is 3.19. The van der Waals surface area contributed by atoms with Crippen LogP contribution in [0.3, 0.4) is 0 Å². The van der Waals surface area contributed by atoms with Crippen LogP contribution in [0.25, 0.3) is 5.57 Å². The highest BCUT2D eigenvalue weighted by Gasteiger charge is 2.44. The standard InChI is InChI=1S/C22H22O2/c23-13-19-17-11-12-18(20(19)14-24)22(17)21(15-7-3-1-4-8-15)16-9-5-2-6-10-16/h1-10,17-18,23-24H,11-14H2. The first kappa shape index (κ1) is 15.4. The van der Waals surface area contributed by atoms with Gasteiger partial charge < -0.3 is 10.2 Å². The van der Waals surface area contributed by atoms with E-state index < -0.39 is 0 Å². The lowest BCUT2D eigenvalue weighted by atomic mass is 9.86. The summed E-state index contributed by atoms with van der Waals surface area (Å²) in [5.74, 6) is 0.551. The zero-order valence-electron chi connectivity index (χ0n) is 13.7. The lowest BCUT2D eigenvalue weighted by Gasteiger charge is -2.17. The predicted molar refractivity (Wildman–Crippen MR) is 96.3 cm³/mol. The third-order valence-electron chi connectivity index (χ3n) is 5.50. The van der Waals surface area contributed by atoms with Gasteiger partial charge in [-0.25, -0.2) is 0 Å². The van der Waals surface area contributed by atoms with Gasteiger partial charge in [0.15, 0.2) is 0 Å². The Hall–Kier alpha value is -2.16. The molecule has 0 aliphatic heterocycles. The minimum atomic E-state index is 0.0530. The zero-order valence-corrected chi connectivity index (χ0v) is 13.7. The second-order valence-corrected chi connectivity index (χ2v) is 6.61. The van der Waals surface area contributed by atoms with Crippen LogP contribution in [0.1, 0.15) is 24.0 Å². The van der Waals surface area contributed by atoms with Gasteiger partial charge in [0.2, 0.25) is 0 Å². The monoisotopic (exact) mass is 318 g/mol. The number of hydrogen-bond acceptors (Lipinski definition) is 2. The van der Waals surface area contributed by atoms with E-state index in [-0.39, 0.29) is 25.0 Å². The van der Waals surface area contributed by atoms with Gasteiger partial charge in [0.25, 0.3) is 0 Å². The molecule has 0 spiro atoms. The lowest BCUT2D eigenvalue weighted by molar-refractivity contribution is 0.294. The molecule has 0 amide bonds. The fourth-order valence-corrected chi connectivity index (χ4v) is 4.54. The fourth-order valence-electron chi connectivity index (χ4n) is 4.54. The SMILES string of the molecule is OCC1=C(CO)C2CCC1C2=C(c1ccccc1)c1ccccc1. The molecule has 0 aromatic heterocycles. The summed E-state index contributed by atoms with van der Waals surface area (Å²) in [6.07, 6.45) is 2.14.